The van der Waals surface area contributed by atoms with Crippen molar-refractivity contribution in [3.63, 3.8) is 0 Å². The zero-order valence-electron chi connectivity index (χ0n) is 12.6. The highest BCUT2D eigenvalue weighted by atomic mass is 32.2. The van der Waals surface area contributed by atoms with E-state index in [0.29, 0.717) is 22.5 Å². The van der Waals surface area contributed by atoms with Crippen LogP contribution in [-0.2, 0) is 4.79 Å². The first-order chi connectivity index (χ1) is 11.8. The molecule has 0 aliphatic heterocycles. The molecule has 0 fully saturated rings. The van der Waals surface area contributed by atoms with Gasteiger partial charge in [0.05, 0.1) is 10.2 Å². The lowest BCUT2D eigenvalue weighted by molar-refractivity contribution is -0.115. The Morgan fingerprint density at radius 3 is 2.71 bits per heavy atom. The van der Waals surface area contributed by atoms with Gasteiger partial charge in [-0.3, -0.25) is 4.79 Å². The standard InChI is InChI=1S/C17H13N3O2S2/c21-15(20-16-18-12-6-2-4-8-14(12)24-16)9-10-23-17-19-11-5-1-3-7-13(11)22-17/h1-8H,9-10H2,(H,18,20,21). The van der Waals surface area contributed by atoms with Gasteiger partial charge in [-0.25, -0.2) is 9.97 Å². The Kier molecular flexibility index (Phi) is 4.18. The molecule has 4 rings (SSSR count). The number of hydrogen-bond acceptors (Lipinski definition) is 6. The fraction of sp³-hybridized carbons (Fsp3) is 0.118. The molecular weight excluding hydrogens is 342 g/mol. The molecule has 0 aliphatic rings. The number of rotatable bonds is 5. The average molecular weight is 355 g/mol. The molecule has 0 saturated carbocycles. The molecule has 0 saturated heterocycles. The Bertz CT molecular complexity index is 943. The van der Waals surface area contributed by atoms with Crippen LogP contribution in [0.25, 0.3) is 21.3 Å². The van der Waals surface area contributed by atoms with Gasteiger partial charge < -0.3 is 9.73 Å². The van der Waals surface area contributed by atoms with Gasteiger partial charge in [-0.15, -0.1) is 0 Å². The van der Waals surface area contributed by atoms with Gasteiger partial charge in [0.2, 0.25) is 5.91 Å². The molecule has 0 atom stereocenters. The number of aromatic nitrogens is 2. The van der Waals surface area contributed by atoms with Crippen LogP contribution in [0.4, 0.5) is 5.13 Å². The van der Waals surface area contributed by atoms with Gasteiger partial charge in [0, 0.05) is 12.2 Å². The average Bonchev–Trinajstić information content (AvgIpc) is 3.17. The van der Waals surface area contributed by atoms with Gasteiger partial charge in [-0.2, -0.15) is 0 Å². The Morgan fingerprint density at radius 2 is 1.88 bits per heavy atom. The van der Waals surface area contributed by atoms with Crippen LogP contribution >= 0.6 is 23.1 Å². The van der Waals surface area contributed by atoms with Crippen LogP contribution in [0.1, 0.15) is 6.42 Å². The minimum atomic E-state index is -0.0577. The van der Waals surface area contributed by atoms with E-state index in [1.807, 2.05) is 48.5 Å². The van der Waals surface area contributed by atoms with E-state index < -0.39 is 0 Å². The molecule has 2 aromatic carbocycles. The molecule has 2 heterocycles. The van der Waals surface area contributed by atoms with Crippen LogP contribution in [0.5, 0.6) is 0 Å². The molecule has 24 heavy (non-hydrogen) atoms. The van der Waals surface area contributed by atoms with E-state index in [1.165, 1.54) is 23.1 Å². The van der Waals surface area contributed by atoms with Crippen molar-refractivity contribution in [3.05, 3.63) is 48.5 Å². The van der Waals surface area contributed by atoms with Crippen molar-refractivity contribution in [2.24, 2.45) is 0 Å². The fourth-order valence-corrected chi connectivity index (χ4v) is 3.91. The van der Waals surface area contributed by atoms with E-state index in [-0.39, 0.29) is 5.91 Å². The third-order valence-electron chi connectivity index (χ3n) is 3.37. The van der Waals surface area contributed by atoms with E-state index in [0.717, 1.165) is 21.3 Å². The summed E-state index contributed by atoms with van der Waals surface area (Å²) in [5.41, 5.74) is 2.50. The second kappa shape index (κ2) is 6.62. The van der Waals surface area contributed by atoms with Crippen LogP contribution in [-0.4, -0.2) is 21.6 Å². The first kappa shape index (κ1) is 15.2. The predicted molar refractivity (Wildman–Crippen MR) is 97.6 cm³/mol. The molecular formula is C17H13N3O2S2. The van der Waals surface area contributed by atoms with Crippen LogP contribution < -0.4 is 5.32 Å². The van der Waals surface area contributed by atoms with Gasteiger partial charge in [0.15, 0.2) is 10.7 Å². The van der Waals surface area contributed by atoms with Gasteiger partial charge in [-0.05, 0) is 24.3 Å². The van der Waals surface area contributed by atoms with E-state index in [2.05, 4.69) is 15.3 Å². The van der Waals surface area contributed by atoms with E-state index in [4.69, 9.17) is 4.42 Å². The summed E-state index contributed by atoms with van der Waals surface area (Å²) in [6.07, 6.45) is 0.374. The van der Waals surface area contributed by atoms with Crippen LogP contribution in [0.2, 0.25) is 0 Å². The number of nitrogens with zero attached hydrogens (tertiary/aromatic N) is 2. The number of nitrogens with one attached hydrogen (secondary N) is 1. The molecule has 4 aromatic rings. The van der Waals surface area contributed by atoms with Gasteiger partial charge in [0.1, 0.15) is 5.52 Å². The summed E-state index contributed by atoms with van der Waals surface area (Å²) in [7, 11) is 0. The predicted octanol–water partition coefficient (Wildman–Crippen LogP) is 4.56. The highest BCUT2D eigenvalue weighted by molar-refractivity contribution is 7.99. The largest absolute Gasteiger partial charge is 0.431 e. The van der Waals surface area contributed by atoms with Crippen molar-refractivity contribution < 1.29 is 9.21 Å². The van der Waals surface area contributed by atoms with Gasteiger partial charge in [-0.1, -0.05) is 47.4 Å². The number of amides is 1. The molecule has 0 spiro atoms. The van der Waals surface area contributed by atoms with Crippen LogP contribution in [0.3, 0.4) is 0 Å². The molecule has 5 nitrogen and oxygen atoms in total. The Labute approximate surface area is 146 Å². The summed E-state index contributed by atoms with van der Waals surface area (Å²) < 4.78 is 6.68. The lowest BCUT2D eigenvalue weighted by atomic mass is 10.3. The van der Waals surface area contributed by atoms with Crippen molar-refractivity contribution in [1.29, 1.82) is 0 Å². The number of carbonyl (C=O) groups excluding carboxylic acids is 1. The van der Waals surface area contributed by atoms with Gasteiger partial charge in [0.25, 0.3) is 5.22 Å². The van der Waals surface area contributed by atoms with E-state index in [9.17, 15) is 4.79 Å². The van der Waals surface area contributed by atoms with Gasteiger partial charge >= 0.3 is 0 Å². The number of carbonyl (C=O) groups is 1. The highest BCUT2D eigenvalue weighted by Gasteiger charge is 2.10. The van der Waals surface area contributed by atoms with Crippen molar-refractivity contribution >= 4 is 55.5 Å². The van der Waals surface area contributed by atoms with Crippen molar-refractivity contribution in [3.8, 4) is 0 Å². The molecule has 1 N–H and O–H groups in total. The first-order valence-corrected chi connectivity index (χ1v) is 9.22. The molecule has 2 aromatic heterocycles. The summed E-state index contributed by atoms with van der Waals surface area (Å²) in [5, 5.41) is 4.07. The second-order valence-electron chi connectivity index (χ2n) is 5.08. The second-order valence-corrected chi connectivity index (χ2v) is 7.16. The lowest BCUT2D eigenvalue weighted by Crippen LogP contribution is -2.11. The number of thiazole rings is 1. The molecule has 7 heteroatoms. The number of thioether (sulfide) groups is 1. The maximum atomic E-state index is 12.0. The first-order valence-electron chi connectivity index (χ1n) is 7.42. The summed E-state index contributed by atoms with van der Waals surface area (Å²) in [4.78, 5) is 20.8. The molecule has 1 amide bonds. The minimum Gasteiger partial charge on any atom is -0.431 e. The summed E-state index contributed by atoms with van der Waals surface area (Å²) >= 11 is 2.91. The molecule has 0 radical (unpaired) electrons. The topological polar surface area (TPSA) is 68.0 Å². The number of para-hydroxylation sites is 3. The van der Waals surface area contributed by atoms with E-state index >= 15 is 0 Å². The molecule has 120 valence electrons. The molecule has 0 unspecified atom stereocenters. The monoisotopic (exact) mass is 355 g/mol. The number of anilines is 1. The Morgan fingerprint density at radius 1 is 1.08 bits per heavy atom. The minimum absolute atomic E-state index is 0.0577. The summed E-state index contributed by atoms with van der Waals surface area (Å²) in [6, 6.07) is 15.4. The molecule has 0 aliphatic carbocycles. The van der Waals surface area contributed by atoms with Crippen molar-refractivity contribution in [2.45, 2.75) is 11.6 Å². The van der Waals surface area contributed by atoms with Crippen LogP contribution in [0, 0.1) is 0 Å². The fourth-order valence-electron chi connectivity index (χ4n) is 2.25. The van der Waals surface area contributed by atoms with Crippen LogP contribution in [0.15, 0.2) is 58.2 Å². The smallest absolute Gasteiger partial charge is 0.256 e. The maximum absolute atomic E-state index is 12.0. The number of oxazole rings is 1. The summed E-state index contributed by atoms with van der Waals surface area (Å²) in [5.74, 6) is 0.543. The zero-order valence-corrected chi connectivity index (χ0v) is 14.2. The summed E-state index contributed by atoms with van der Waals surface area (Å²) in [6.45, 7) is 0. The number of fused-ring (bicyclic) bond motifs is 2. The van der Waals surface area contributed by atoms with Crippen molar-refractivity contribution in [2.75, 3.05) is 11.1 Å². The Balaban J connectivity index is 1.33. The molecule has 0 bridgehead atoms. The maximum Gasteiger partial charge on any atom is 0.256 e. The normalized spacial score (nSPS) is 11.2. The number of hydrogen-bond donors (Lipinski definition) is 1. The third-order valence-corrected chi connectivity index (χ3v) is 5.15. The quantitative estimate of drug-likeness (QED) is 0.532. The SMILES string of the molecule is O=C(CCSc1nc2ccccc2o1)Nc1nc2ccccc2s1. The third kappa shape index (κ3) is 3.27. The van der Waals surface area contributed by atoms with E-state index in [1.54, 1.807) is 0 Å². The van der Waals surface area contributed by atoms with Crippen molar-refractivity contribution in [1.82, 2.24) is 9.97 Å². The lowest BCUT2D eigenvalue weighted by Gasteiger charge is -1.99. The zero-order chi connectivity index (χ0) is 16.4. The Hall–Kier alpha value is -2.38. The number of benzene rings is 2. The highest BCUT2D eigenvalue weighted by Crippen LogP contribution is 2.26.